The fourth-order valence-electron chi connectivity index (χ4n) is 2.13. The lowest BCUT2D eigenvalue weighted by Crippen LogP contribution is -2.26. The van der Waals surface area contributed by atoms with E-state index in [9.17, 15) is 9.59 Å². The quantitative estimate of drug-likeness (QED) is 0.475. The number of nitrogens with two attached hydrogens (primary N) is 2. The van der Waals surface area contributed by atoms with Crippen molar-refractivity contribution in [3.8, 4) is 0 Å². The van der Waals surface area contributed by atoms with Gasteiger partial charge in [-0.05, 0) is 44.0 Å². The first-order valence-electron chi connectivity index (χ1n) is 6.96. The summed E-state index contributed by atoms with van der Waals surface area (Å²) in [4.78, 5) is 30.2. The topological polar surface area (TPSA) is 127 Å². The van der Waals surface area contributed by atoms with Gasteiger partial charge in [0.1, 0.15) is 0 Å². The van der Waals surface area contributed by atoms with Crippen molar-refractivity contribution in [3.05, 3.63) is 51.4 Å². The average Bonchev–Trinajstić information content (AvgIpc) is 2.46. The second kappa shape index (κ2) is 6.75. The molecule has 2 aromatic rings. The Bertz CT molecular complexity index is 722. The van der Waals surface area contributed by atoms with E-state index in [0.29, 0.717) is 41.9 Å². The highest BCUT2D eigenvalue weighted by Crippen LogP contribution is 2.06. The molecule has 0 radical (unpaired) electrons. The molecule has 0 saturated carbocycles. The fourth-order valence-corrected chi connectivity index (χ4v) is 2.13. The van der Waals surface area contributed by atoms with Crippen LogP contribution in [0.25, 0.3) is 0 Å². The zero-order valence-corrected chi connectivity index (χ0v) is 12.3. The van der Waals surface area contributed by atoms with Crippen LogP contribution in [0.4, 0.5) is 11.6 Å². The molecule has 1 aromatic carbocycles. The second-order valence-corrected chi connectivity index (χ2v) is 5.00. The van der Waals surface area contributed by atoms with Crippen LogP contribution in [0.15, 0.2) is 29.1 Å². The SMILES string of the molecule is Cc1nc(N)[nH]c(=O)c1CCCNC(=O)c1ccc(N)cc1. The summed E-state index contributed by atoms with van der Waals surface area (Å²) in [5.41, 5.74) is 13.2. The van der Waals surface area contributed by atoms with Crippen molar-refractivity contribution < 1.29 is 4.79 Å². The Morgan fingerprint density at radius 1 is 1.27 bits per heavy atom. The number of nitrogens with one attached hydrogen (secondary N) is 2. The lowest BCUT2D eigenvalue weighted by atomic mass is 10.1. The van der Waals surface area contributed by atoms with Crippen molar-refractivity contribution in [2.24, 2.45) is 0 Å². The number of rotatable bonds is 5. The number of aromatic amines is 1. The molecule has 1 heterocycles. The summed E-state index contributed by atoms with van der Waals surface area (Å²) in [7, 11) is 0. The molecule has 0 atom stereocenters. The van der Waals surface area contributed by atoms with Crippen LogP contribution in [0.2, 0.25) is 0 Å². The number of nitrogen functional groups attached to an aromatic ring is 2. The van der Waals surface area contributed by atoms with Gasteiger partial charge in [-0.2, -0.15) is 0 Å². The third-order valence-electron chi connectivity index (χ3n) is 3.30. The van der Waals surface area contributed by atoms with E-state index in [0.717, 1.165) is 0 Å². The van der Waals surface area contributed by atoms with Crippen LogP contribution in [0, 0.1) is 6.92 Å². The number of carbonyl (C=O) groups is 1. The summed E-state index contributed by atoms with van der Waals surface area (Å²) in [5.74, 6) is -0.0519. The Balaban J connectivity index is 1.86. The number of aryl methyl sites for hydroxylation is 1. The largest absolute Gasteiger partial charge is 0.399 e. The standard InChI is InChI=1S/C15H19N5O2/c1-9-12(14(22)20-15(17)19-9)3-2-8-18-13(21)10-4-6-11(16)7-5-10/h4-7H,2-3,8,16H2,1H3,(H,18,21)(H3,17,19,20,22). The highest BCUT2D eigenvalue weighted by Gasteiger charge is 2.08. The summed E-state index contributed by atoms with van der Waals surface area (Å²) in [6, 6.07) is 6.70. The predicted octanol–water partition coefficient (Wildman–Crippen LogP) is 0.605. The molecular weight excluding hydrogens is 282 g/mol. The molecule has 1 amide bonds. The van der Waals surface area contributed by atoms with Crippen LogP contribution < -0.4 is 22.3 Å². The van der Waals surface area contributed by atoms with Gasteiger partial charge in [0.25, 0.3) is 11.5 Å². The van der Waals surface area contributed by atoms with E-state index in [2.05, 4.69) is 15.3 Å². The molecule has 0 saturated heterocycles. The molecule has 1 aromatic heterocycles. The molecule has 0 spiro atoms. The van der Waals surface area contributed by atoms with Gasteiger partial charge in [0, 0.05) is 29.1 Å². The number of amides is 1. The zero-order chi connectivity index (χ0) is 16.1. The third-order valence-corrected chi connectivity index (χ3v) is 3.30. The van der Waals surface area contributed by atoms with Crippen LogP contribution in [0.1, 0.15) is 28.0 Å². The van der Waals surface area contributed by atoms with Gasteiger partial charge < -0.3 is 16.8 Å². The number of hydrogen-bond donors (Lipinski definition) is 4. The molecule has 0 unspecified atom stereocenters. The zero-order valence-electron chi connectivity index (χ0n) is 12.3. The Labute approximate surface area is 127 Å². The molecule has 7 nitrogen and oxygen atoms in total. The second-order valence-electron chi connectivity index (χ2n) is 5.00. The number of carbonyl (C=O) groups excluding carboxylic acids is 1. The fraction of sp³-hybridized carbons (Fsp3) is 0.267. The van der Waals surface area contributed by atoms with Crippen LogP contribution >= 0.6 is 0 Å². The van der Waals surface area contributed by atoms with Gasteiger partial charge in [-0.25, -0.2) is 4.98 Å². The molecule has 116 valence electrons. The summed E-state index contributed by atoms with van der Waals surface area (Å²) < 4.78 is 0. The molecule has 0 fully saturated rings. The number of H-pyrrole nitrogens is 1. The first kappa shape index (κ1) is 15.6. The number of benzene rings is 1. The van der Waals surface area contributed by atoms with Crippen molar-refractivity contribution >= 4 is 17.5 Å². The molecule has 0 aliphatic carbocycles. The number of hydrogen-bond acceptors (Lipinski definition) is 5. The summed E-state index contributed by atoms with van der Waals surface area (Å²) >= 11 is 0. The van der Waals surface area contributed by atoms with E-state index in [-0.39, 0.29) is 17.4 Å². The molecule has 0 bridgehead atoms. The molecule has 0 aliphatic heterocycles. The van der Waals surface area contributed by atoms with E-state index in [1.165, 1.54) is 0 Å². The van der Waals surface area contributed by atoms with Crippen LogP contribution in [-0.4, -0.2) is 22.4 Å². The smallest absolute Gasteiger partial charge is 0.255 e. The van der Waals surface area contributed by atoms with Gasteiger partial charge in [0.05, 0.1) is 0 Å². The predicted molar refractivity (Wildman–Crippen MR) is 85.5 cm³/mol. The lowest BCUT2D eigenvalue weighted by molar-refractivity contribution is 0.0953. The average molecular weight is 301 g/mol. The number of anilines is 2. The third kappa shape index (κ3) is 3.85. The van der Waals surface area contributed by atoms with Crippen molar-refractivity contribution in [2.75, 3.05) is 18.0 Å². The van der Waals surface area contributed by atoms with Gasteiger partial charge >= 0.3 is 0 Å². The molecule has 22 heavy (non-hydrogen) atoms. The van der Waals surface area contributed by atoms with Crippen LogP contribution in [0.3, 0.4) is 0 Å². The minimum Gasteiger partial charge on any atom is -0.399 e. The minimum absolute atomic E-state index is 0.114. The molecule has 7 heteroatoms. The monoisotopic (exact) mass is 301 g/mol. The van der Waals surface area contributed by atoms with Gasteiger partial charge in [0.15, 0.2) is 0 Å². The maximum Gasteiger partial charge on any atom is 0.255 e. The van der Waals surface area contributed by atoms with E-state index in [1.807, 2.05) is 0 Å². The van der Waals surface area contributed by atoms with E-state index in [1.54, 1.807) is 31.2 Å². The van der Waals surface area contributed by atoms with E-state index in [4.69, 9.17) is 11.5 Å². The van der Waals surface area contributed by atoms with Crippen molar-refractivity contribution in [3.63, 3.8) is 0 Å². The van der Waals surface area contributed by atoms with Crippen molar-refractivity contribution in [1.82, 2.24) is 15.3 Å². The van der Waals surface area contributed by atoms with Crippen molar-refractivity contribution in [1.29, 1.82) is 0 Å². The Hall–Kier alpha value is -2.83. The van der Waals surface area contributed by atoms with E-state index >= 15 is 0 Å². The Morgan fingerprint density at radius 2 is 1.95 bits per heavy atom. The Kier molecular flexibility index (Phi) is 4.77. The number of nitrogens with zero attached hydrogens (tertiary/aromatic N) is 1. The van der Waals surface area contributed by atoms with Crippen LogP contribution in [-0.2, 0) is 6.42 Å². The highest BCUT2D eigenvalue weighted by molar-refractivity contribution is 5.94. The highest BCUT2D eigenvalue weighted by atomic mass is 16.1. The molecule has 2 rings (SSSR count). The summed E-state index contributed by atoms with van der Waals surface area (Å²) in [6.45, 7) is 2.21. The lowest BCUT2D eigenvalue weighted by Gasteiger charge is -2.07. The molecule has 6 N–H and O–H groups in total. The summed E-state index contributed by atoms with van der Waals surface area (Å²) in [5, 5.41) is 2.80. The minimum atomic E-state index is -0.227. The maximum atomic E-state index is 11.9. The van der Waals surface area contributed by atoms with Gasteiger partial charge in [0.2, 0.25) is 5.95 Å². The molecular formula is C15H19N5O2. The van der Waals surface area contributed by atoms with Crippen molar-refractivity contribution in [2.45, 2.75) is 19.8 Å². The van der Waals surface area contributed by atoms with Gasteiger partial charge in [-0.15, -0.1) is 0 Å². The Morgan fingerprint density at radius 3 is 2.59 bits per heavy atom. The molecule has 0 aliphatic rings. The normalized spacial score (nSPS) is 10.4. The first-order chi connectivity index (χ1) is 10.5. The number of aromatic nitrogens is 2. The van der Waals surface area contributed by atoms with Gasteiger partial charge in [-0.3, -0.25) is 14.6 Å². The summed E-state index contributed by atoms with van der Waals surface area (Å²) in [6.07, 6.45) is 1.16. The van der Waals surface area contributed by atoms with Gasteiger partial charge in [-0.1, -0.05) is 0 Å². The van der Waals surface area contributed by atoms with E-state index < -0.39 is 0 Å². The van der Waals surface area contributed by atoms with Crippen LogP contribution in [0.5, 0.6) is 0 Å². The first-order valence-corrected chi connectivity index (χ1v) is 6.96. The maximum absolute atomic E-state index is 11.9.